The first-order chi connectivity index (χ1) is 5.86. The van der Waals surface area contributed by atoms with Gasteiger partial charge >= 0.3 is 0 Å². The molecule has 1 atom stereocenters. The van der Waals surface area contributed by atoms with E-state index in [-0.39, 0.29) is 5.91 Å². The van der Waals surface area contributed by atoms with E-state index in [1.165, 1.54) is 12.8 Å². The number of carbonyl (C=O) groups excluding carboxylic acids is 1. The molecule has 68 valence electrons. The number of carbonyl (C=O) groups is 1. The lowest BCUT2D eigenvalue weighted by Gasteiger charge is -2.30. The van der Waals surface area contributed by atoms with Gasteiger partial charge in [-0.25, -0.2) is 0 Å². The lowest BCUT2D eigenvalue weighted by atomic mass is 9.85. The highest BCUT2D eigenvalue weighted by molar-refractivity contribution is 5.79. The summed E-state index contributed by atoms with van der Waals surface area (Å²) in [6, 6.07) is 0.550. The fourth-order valence-corrected chi connectivity index (χ4v) is 1.56. The number of rotatable bonds is 3. The van der Waals surface area contributed by atoms with E-state index in [1.54, 1.807) is 0 Å². The van der Waals surface area contributed by atoms with Crippen molar-refractivity contribution >= 4 is 5.91 Å². The van der Waals surface area contributed by atoms with Crippen molar-refractivity contribution in [2.45, 2.75) is 31.7 Å². The van der Waals surface area contributed by atoms with E-state index in [9.17, 15) is 4.79 Å². The molecule has 0 aromatic rings. The van der Waals surface area contributed by atoms with Gasteiger partial charge in [0.2, 0.25) is 5.91 Å². The Morgan fingerprint density at radius 2 is 2.17 bits per heavy atom. The topological polar surface area (TPSA) is 41.1 Å². The molecule has 1 aliphatic heterocycles. The van der Waals surface area contributed by atoms with Gasteiger partial charge in [-0.2, -0.15) is 0 Å². The van der Waals surface area contributed by atoms with Gasteiger partial charge in [0, 0.05) is 18.5 Å². The second-order valence-corrected chi connectivity index (χ2v) is 3.81. The van der Waals surface area contributed by atoms with Gasteiger partial charge in [0.15, 0.2) is 0 Å². The Bertz CT molecular complexity index is 173. The molecule has 0 radical (unpaired) electrons. The van der Waals surface area contributed by atoms with Gasteiger partial charge in [-0.15, -0.1) is 0 Å². The predicted octanol–water partition coefficient (Wildman–Crippen LogP) is 0.265. The van der Waals surface area contributed by atoms with Crippen LogP contribution in [0.15, 0.2) is 0 Å². The summed E-state index contributed by atoms with van der Waals surface area (Å²) in [5.74, 6) is 0.611. The molecule has 0 aromatic carbocycles. The van der Waals surface area contributed by atoms with Crippen LogP contribution in [0, 0.1) is 5.92 Å². The summed E-state index contributed by atoms with van der Waals surface area (Å²) in [5.41, 5.74) is 0. The Balaban J connectivity index is 1.61. The normalized spacial score (nSPS) is 28.8. The standard InChI is InChI=1S/C9H16N2O/c12-9(7-2-1-3-7)11-6-8-4-5-10-8/h7-8,10H,1-6H2,(H,11,12). The van der Waals surface area contributed by atoms with E-state index in [0.29, 0.717) is 12.0 Å². The second kappa shape index (κ2) is 3.44. The largest absolute Gasteiger partial charge is 0.354 e. The third kappa shape index (κ3) is 1.61. The average molecular weight is 168 g/mol. The first-order valence-corrected chi connectivity index (χ1v) is 4.87. The Labute approximate surface area is 72.9 Å². The fourth-order valence-electron chi connectivity index (χ4n) is 1.56. The van der Waals surface area contributed by atoms with Crippen molar-refractivity contribution in [3.05, 3.63) is 0 Å². The maximum absolute atomic E-state index is 11.3. The molecule has 12 heavy (non-hydrogen) atoms. The van der Waals surface area contributed by atoms with Crippen molar-refractivity contribution in [1.29, 1.82) is 0 Å². The highest BCUT2D eigenvalue weighted by atomic mass is 16.1. The van der Waals surface area contributed by atoms with Gasteiger partial charge in [-0.05, 0) is 25.8 Å². The SMILES string of the molecule is O=C(NCC1CCN1)C1CCC1. The molecule has 2 aliphatic rings. The van der Waals surface area contributed by atoms with Gasteiger partial charge in [0.25, 0.3) is 0 Å². The highest BCUT2D eigenvalue weighted by Gasteiger charge is 2.26. The highest BCUT2D eigenvalue weighted by Crippen LogP contribution is 2.26. The summed E-state index contributed by atoms with van der Waals surface area (Å²) in [6.45, 7) is 1.94. The zero-order valence-electron chi connectivity index (χ0n) is 7.31. The van der Waals surface area contributed by atoms with Gasteiger partial charge in [0.1, 0.15) is 0 Å². The van der Waals surface area contributed by atoms with Crippen LogP contribution in [0.1, 0.15) is 25.7 Å². The smallest absolute Gasteiger partial charge is 0.223 e. The van der Waals surface area contributed by atoms with Crippen LogP contribution in [0.2, 0.25) is 0 Å². The summed E-state index contributed by atoms with van der Waals surface area (Å²) in [6.07, 6.45) is 4.65. The molecule has 1 saturated carbocycles. The van der Waals surface area contributed by atoms with Crippen LogP contribution in [0.4, 0.5) is 0 Å². The number of amides is 1. The Morgan fingerprint density at radius 1 is 1.42 bits per heavy atom. The molecule has 3 nitrogen and oxygen atoms in total. The number of hydrogen-bond donors (Lipinski definition) is 2. The average Bonchev–Trinajstić information content (AvgIpc) is 1.79. The summed E-state index contributed by atoms with van der Waals surface area (Å²) in [7, 11) is 0. The molecule has 0 spiro atoms. The molecule has 1 unspecified atom stereocenters. The summed E-state index contributed by atoms with van der Waals surface area (Å²) in [5, 5.41) is 6.25. The Kier molecular flexibility index (Phi) is 2.30. The van der Waals surface area contributed by atoms with Crippen LogP contribution in [0.25, 0.3) is 0 Å². The van der Waals surface area contributed by atoms with E-state index in [0.717, 1.165) is 25.9 Å². The van der Waals surface area contributed by atoms with Crippen LogP contribution in [-0.2, 0) is 4.79 Å². The van der Waals surface area contributed by atoms with E-state index in [4.69, 9.17) is 0 Å². The second-order valence-electron chi connectivity index (χ2n) is 3.81. The van der Waals surface area contributed by atoms with Crippen molar-refractivity contribution < 1.29 is 4.79 Å². The molecule has 1 aliphatic carbocycles. The summed E-state index contributed by atoms with van der Waals surface area (Å²) in [4.78, 5) is 11.3. The van der Waals surface area contributed by atoms with Crippen molar-refractivity contribution in [3.63, 3.8) is 0 Å². The fraction of sp³-hybridized carbons (Fsp3) is 0.889. The lowest BCUT2D eigenvalue weighted by Crippen LogP contribution is -2.51. The van der Waals surface area contributed by atoms with Crippen LogP contribution >= 0.6 is 0 Å². The maximum atomic E-state index is 11.3. The minimum absolute atomic E-state index is 0.273. The molecule has 0 aromatic heterocycles. The molecule has 0 bridgehead atoms. The molecule has 2 fully saturated rings. The summed E-state index contributed by atoms with van der Waals surface area (Å²) < 4.78 is 0. The molecular weight excluding hydrogens is 152 g/mol. The van der Waals surface area contributed by atoms with Crippen LogP contribution in [-0.4, -0.2) is 25.0 Å². The van der Waals surface area contributed by atoms with E-state index < -0.39 is 0 Å². The molecule has 1 heterocycles. The monoisotopic (exact) mass is 168 g/mol. The molecule has 1 saturated heterocycles. The van der Waals surface area contributed by atoms with Gasteiger partial charge in [-0.1, -0.05) is 6.42 Å². The maximum Gasteiger partial charge on any atom is 0.223 e. The third-order valence-electron chi connectivity index (χ3n) is 2.92. The van der Waals surface area contributed by atoms with Gasteiger partial charge < -0.3 is 10.6 Å². The molecule has 2 N–H and O–H groups in total. The summed E-state index contributed by atoms with van der Waals surface area (Å²) >= 11 is 0. The van der Waals surface area contributed by atoms with Gasteiger partial charge in [-0.3, -0.25) is 4.79 Å². The van der Waals surface area contributed by atoms with Crippen LogP contribution in [0.3, 0.4) is 0 Å². The van der Waals surface area contributed by atoms with Crippen molar-refractivity contribution in [2.24, 2.45) is 5.92 Å². The van der Waals surface area contributed by atoms with Crippen molar-refractivity contribution in [2.75, 3.05) is 13.1 Å². The zero-order valence-corrected chi connectivity index (χ0v) is 7.31. The minimum atomic E-state index is 0.273. The number of hydrogen-bond acceptors (Lipinski definition) is 2. The quantitative estimate of drug-likeness (QED) is 0.635. The number of nitrogens with one attached hydrogen (secondary N) is 2. The van der Waals surface area contributed by atoms with Crippen LogP contribution < -0.4 is 10.6 Å². The minimum Gasteiger partial charge on any atom is -0.354 e. The lowest BCUT2D eigenvalue weighted by molar-refractivity contribution is -0.127. The van der Waals surface area contributed by atoms with E-state index >= 15 is 0 Å². The predicted molar refractivity (Wildman–Crippen MR) is 46.8 cm³/mol. The van der Waals surface area contributed by atoms with Crippen molar-refractivity contribution in [3.8, 4) is 0 Å². The Hall–Kier alpha value is -0.570. The Morgan fingerprint density at radius 3 is 2.58 bits per heavy atom. The first kappa shape index (κ1) is 8.05. The molecular formula is C9H16N2O. The molecule has 3 heteroatoms. The van der Waals surface area contributed by atoms with Crippen LogP contribution in [0.5, 0.6) is 0 Å². The third-order valence-corrected chi connectivity index (χ3v) is 2.92. The molecule has 1 amide bonds. The van der Waals surface area contributed by atoms with E-state index in [1.807, 2.05) is 0 Å². The first-order valence-electron chi connectivity index (χ1n) is 4.87. The molecule has 2 rings (SSSR count). The zero-order chi connectivity index (χ0) is 8.39. The van der Waals surface area contributed by atoms with Gasteiger partial charge in [0.05, 0.1) is 0 Å². The van der Waals surface area contributed by atoms with Crippen molar-refractivity contribution in [1.82, 2.24) is 10.6 Å². The van der Waals surface area contributed by atoms with E-state index in [2.05, 4.69) is 10.6 Å².